The zero-order valence-electron chi connectivity index (χ0n) is 11.5. The summed E-state index contributed by atoms with van der Waals surface area (Å²) >= 11 is 4.99. The van der Waals surface area contributed by atoms with E-state index in [4.69, 9.17) is 4.74 Å². The number of hydrogen-bond acceptors (Lipinski definition) is 3. The van der Waals surface area contributed by atoms with Gasteiger partial charge in [0.15, 0.2) is 0 Å². The number of halogens is 1. The van der Waals surface area contributed by atoms with Crippen LogP contribution in [0, 0.1) is 6.92 Å². The van der Waals surface area contributed by atoms with E-state index in [9.17, 15) is 9.90 Å². The van der Waals surface area contributed by atoms with Crippen molar-refractivity contribution in [2.75, 3.05) is 12.4 Å². The lowest BCUT2D eigenvalue weighted by Gasteiger charge is -2.12. The fraction of sp³-hybridized carbons (Fsp3) is 0.188. The first-order valence-corrected chi connectivity index (χ1v) is 8.20. The van der Waals surface area contributed by atoms with Gasteiger partial charge in [0.2, 0.25) is 0 Å². The zero-order valence-corrected chi connectivity index (χ0v) is 13.9. The molecule has 2 aromatic carbocycles. The Morgan fingerprint density at radius 1 is 1.29 bits per heavy atom. The van der Waals surface area contributed by atoms with Gasteiger partial charge in [0, 0.05) is 15.1 Å². The third kappa shape index (κ3) is 4.51. The number of aryl methyl sites for hydroxylation is 1. The van der Waals surface area contributed by atoms with Crippen LogP contribution < -0.4 is 4.74 Å². The highest BCUT2D eigenvalue weighted by Gasteiger charge is 2.15. The first-order chi connectivity index (χ1) is 10.1. The van der Waals surface area contributed by atoms with Gasteiger partial charge < -0.3 is 9.84 Å². The second kappa shape index (κ2) is 7.52. The molecular weight excluding hydrogens is 352 g/mol. The number of aromatic carboxylic acids is 1. The summed E-state index contributed by atoms with van der Waals surface area (Å²) in [4.78, 5) is 12.4. The van der Waals surface area contributed by atoms with Crippen LogP contribution in [0.15, 0.2) is 51.8 Å². The number of rotatable bonds is 6. The number of benzene rings is 2. The summed E-state index contributed by atoms with van der Waals surface area (Å²) in [7, 11) is 0. The number of hydrogen-bond donors (Lipinski definition) is 1. The molecule has 3 nitrogen and oxygen atoms in total. The minimum absolute atomic E-state index is 0.187. The highest BCUT2D eigenvalue weighted by Crippen LogP contribution is 2.28. The average Bonchev–Trinajstić information content (AvgIpc) is 2.45. The van der Waals surface area contributed by atoms with Crippen LogP contribution in [0.1, 0.15) is 15.9 Å². The Labute approximate surface area is 136 Å². The van der Waals surface area contributed by atoms with E-state index in [2.05, 4.69) is 15.9 Å². The molecule has 0 spiro atoms. The Bertz CT molecular complexity index is 629. The van der Waals surface area contributed by atoms with Gasteiger partial charge in [0.05, 0.1) is 6.61 Å². The fourth-order valence-corrected chi connectivity index (χ4v) is 3.22. The van der Waals surface area contributed by atoms with Crippen molar-refractivity contribution >= 4 is 33.7 Å². The molecule has 0 amide bonds. The van der Waals surface area contributed by atoms with Gasteiger partial charge in [-0.15, -0.1) is 11.8 Å². The van der Waals surface area contributed by atoms with Gasteiger partial charge in [-0.05, 0) is 36.8 Å². The molecule has 2 rings (SSSR count). The Balaban J connectivity index is 1.98. The van der Waals surface area contributed by atoms with Crippen molar-refractivity contribution in [2.24, 2.45) is 0 Å². The third-order valence-corrected chi connectivity index (χ3v) is 4.25. The van der Waals surface area contributed by atoms with Crippen LogP contribution in [0.3, 0.4) is 0 Å². The normalized spacial score (nSPS) is 10.4. The first kappa shape index (κ1) is 15.9. The standard InChI is InChI=1S/C16H15BrO3S/c1-11-9-12(17)10-14(16(18)19)15(11)20-7-8-21-13-5-3-2-4-6-13/h2-6,9-10H,7-8H2,1H3,(H,18,19). The lowest BCUT2D eigenvalue weighted by Crippen LogP contribution is -2.07. The first-order valence-electron chi connectivity index (χ1n) is 6.42. The Morgan fingerprint density at radius 3 is 2.67 bits per heavy atom. The highest BCUT2D eigenvalue weighted by atomic mass is 79.9. The van der Waals surface area contributed by atoms with Gasteiger partial charge in [0.1, 0.15) is 11.3 Å². The molecule has 0 atom stereocenters. The molecule has 0 aliphatic carbocycles. The van der Waals surface area contributed by atoms with E-state index in [0.29, 0.717) is 12.4 Å². The Morgan fingerprint density at radius 2 is 2.00 bits per heavy atom. The fourth-order valence-electron chi connectivity index (χ4n) is 1.90. The lowest BCUT2D eigenvalue weighted by molar-refractivity contribution is 0.0692. The maximum atomic E-state index is 11.3. The molecule has 0 aliphatic heterocycles. The van der Waals surface area contributed by atoms with Crippen LogP contribution in [0.4, 0.5) is 0 Å². The summed E-state index contributed by atoms with van der Waals surface area (Å²) in [6.45, 7) is 2.30. The second-order valence-corrected chi connectivity index (χ2v) is 6.50. The quantitative estimate of drug-likeness (QED) is 0.598. The largest absolute Gasteiger partial charge is 0.492 e. The van der Waals surface area contributed by atoms with Crippen LogP contribution in [0.25, 0.3) is 0 Å². The SMILES string of the molecule is Cc1cc(Br)cc(C(=O)O)c1OCCSc1ccccc1. The number of carbonyl (C=O) groups is 1. The topological polar surface area (TPSA) is 46.5 Å². The molecule has 0 aliphatic rings. The van der Waals surface area contributed by atoms with E-state index in [1.54, 1.807) is 17.8 Å². The van der Waals surface area contributed by atoms with Gasteiger partial charge in [-0.25, -0.2) is 4.79 Å². The van der Waals surface area contributed by atoms with Gasteiger partial charge in [-0.2, -0.15) is 0 Å². The van der Waals surface area contributed by atoms with Crippen molar-refractivity contribution in [3.63, 3.8) is 0 Å². The summed E-state index contributed by atoms with van der Waals surface area (Å²) in [5.41, 5.74) is 0.998. The summed E-state index contributed by atoms with van der Waals surface area (Å²) in [5, 5.41) is 9.24. The van der Waals surface area contributed by atoms with Crippen molar-refractivity contribution in [3.05, 3.63) is 58.1 Å². The van der Waals surface area contributed by atoms with Crippen LogP contribution >= 0.6 is 27.7 Å². The molecule has 110 valence electrons. The van der Waals surface area contributed by atoms with Crippen molar-refractivity contribution in [1.82, 2.24) is 0 Å². The minimum Gasteiger partial charge on any atom is -0.492 e. The van der Waals surface area contributed by atoms with E-state index >= 15 is 0 Å². The molecule has 5 heteroatoms. The summed E-state index contributed by atoms with van der Waals surface area (Å²) in [6.07, 6.45) is 0. The second-order valence-electron chi connectivity index (χ2n) is 4.41. The molecule has 0 bridgehead atoms. The molecule has 0 radical (unpaired) electrons. The predicted octanol–water partition coefficient (Wildman–Crippen LogP) is 4.63. The van der Waals surface area contributed by atoms with Gasteiger partial charge >= 0.3 is 5.97 Å². The molecule has 0 saturated carbocycles. The van der Waals surface area contributed by atoms with E-state index in [-0.39, 0.29) is 5.56 Å². The van der Waals surface area contributed by atoms with Crippen LogP contribution in [0.5, 0.6) is 5.75 Å². The van der Waals surface area contributed by atoms with Crippen molar-refractivity contribution in [2.45, 2.75) is 11.8 Å². The van der Waals surface area contributed by atoms with E-state index in [1.807, 2.05) is 43.3 Å². The van der Waals surface area contributed by atoms with Crippen LogP contribution in [-0.4, -0.2) is 23.4 Å². The number of carboxylic acid groups (broad SMARTS) is 1. The lowest BCUT2D eigenvalue weighted by atomic mass is 10.1. The number of carboxylic acids is 1. The summed E-state index contributed by atoms with van der Waals surface area (Å²) in [5.74, 6) is 0.225. The number of thioether (sulfide) groups is 1. The highest BCUT2D eigenvalue weighted by molar-refractivity contribution is 9.10. The number of ether oxygens (including phenoxy) is 1. The summed E-state index contributed by atoms with van der Waals surface area (Å²) in [6, 6.07) is 13.5. The smallest absolute Gasteiger partial charge is 0.339 e. The summed E-state index contributed by atoms with van der Waals surface area (Å²) < 4.78 is 6.42. The monoisotopic (exact) mass is 366 g/mol. The van der Waals surface area contributed by atoms with E-state index in [0.717, 1.165) is 15.8 Å². The van der Waals surface area contributed by atoms with Gasteiger partial charge in [-0.1, -0.05) is 34.1 Å². The van der Waals surface area contributed by atoms with Gasteiger partial charge in [-0.3, -0.25) is 0 Å². The van der Waals surface area contributed by atoms with Crippen molar-refractivity contribution in [1.29, 1.82) is 0 Å². The maximum absolute atomic E-state index is 11.3. The molecule has 0 unspecified atom stereocenters. The molecule has 21 heavy (non-hydrogen) atoms. The van der Waals surface area contributed by atoms with Crippen molar-refractivity contribution in [3.8, 4) is 5.75 Å². The van der Waals surface area contributed by atoms with Crippen molar-refractivity contribution < 1.29 is 14.6 Å². The molecular formula is C16H15BrO3S. The Hall–Kier alpha value is -1.46. The molecule has 0 fully saturated rings. The maximum Gasteiger partial charge on any atom is 0.339 e. The molecule has 1 N–H and O–H groups in total. The minimum atomic E-state index is -0.981. The molecule has 2 aromatic rings. The predicted molar refractivity (Wildman–Crippen MR) is 88.5 cm³/mol. The Kier molecular flexibility index (Phi) is 5.70. The molecule has 0 saturated heterocycles. The molecule has 0 heterocycles. The third-order valence-electron chi connectivity index (χ3n) is 2.81. The molecule has 0 aromatic heterocycles. The average molecular weight is 367 g/mol. The van der Waals surface area contributed by atoms with Crippen LogP contribution in [-0.2, 0) is 0 Å². The van der Waals surface area contributed by atoms with E-state index in [1.165, 1.54) is 4.90 Å². The zero-order chi connectivity index (χ0) is 15.2. The van der Waals surface area contributed by atoms with Crippen LogP contribution in [0.2, 0.25) is 0 Å². The van der Waals surface area contributed by atoms with Gasteiger partial charge in [0.25, 0.3) is 0 Å². The van der Waals surface area contributed by atoms with E-state index < -0.39 is 5.97 Å².